The summed E-state index contributed by atoms with van der Waals surface area (Å²) in [7, 11) is 0. The van der Waals surface area contributed by atoms with Gasteiger partial charge in [-0.2, -0.15) is 0 Å². The fourth-order valence-electron chi connectivity index (χ4n) is 0.312. The normalized spacial score (nSPS) is 12.2. The molecule has 0 saturated heterocycles. The predicted molar refractivity (Wildman–Crippen MR) is 33.1 cm³/mol. The summed E-state index contributed by atoms with van der Waals surface area (Å²) in [6.45, 7) is 2.82. The second-order valence-corrected chi connectivity index (χ2v) is 1.71. The van der Waals surface area contributed by atoms with E-state index in [1.54, 1.807) is 6.92 Å². The Kier molecular flexibility index (Phi) is 2.70. The first kappa shape index (κ1) is 7.94. The number of rotatable bonds is 2. The maximum atomic E-state index is 10.2. The van der Waals surface area contributed by atoms with Crippen molar-refractivity contribution in [1.82, 2.24) is 0 Å². The summed E-state index contributed by atoms with van der Waals surface area (Å²) in [6, 6.07) is 0. The zero-order valence-corrected chi connectivity index (χ0v) is 5.47. The molecular weight excluding hydrogens is 120 g/mol. The van der Waals surface area contributed by atoms with Crippen LogP contribution in [0.2, 0.25) is 0 Å². The first-order valence-electron chi connectivity index (χ1n) is 2.55. The SMILES string of the molecule is CC(=O)OC(C)C(=N)N. The molecule has 4 nitrogen and oxygen atoms in total. The molecule has 0 rings (SSSR count). The summed E-state index contributed by atoms with van der Waals surface area (Å²) in [5.74, 6) is -0.553. The molecule has 1 atom stereocenters. The summed E-state index contributed by atoms with van der Waals surface area (Å²) < 4.78 is 4.52. The largest absolute Gasteiger partial charge is 0.455 e. The van der Waals surface area contributed by atoms with Gasteiger partial charge in [0.05, 0.1) is 0 Å². The molecule has 52 valence electrons. The summed E-state index contributed by atoms with van der Waals surface area (Å²) in [5, 5.41) is 6.79. The number of nitrogens with two attached hydrogens (primary N) is 1. The van der Waals surface area contributed by atoms with Crippen molar-refractivity contribution in [2.75, 3.05) is 0 Å². The van der Waals surface area contributed by atoms with E-state index in [2.05, 4.69) is 4.74 Å². The highest BCUT2D eigenvalue weighted by Gasteiger charge is 2.06. The zero-order valence-electron chi connectivity index (χ0n) is 5.47. The van der Waals surface area contributed by atoms with E-state index in [0.717, 1.165) is 0 Å². The molecule has 0 bridgehead atoms. The molecule has 0 heterocycles. The summed E-state index contributed by atoms with van der Waals surface area (Å²) in [6.07, 6.45) is -0.595. The van der Waals surface area contributed by atoms with Gasteiger partial charge in [0.2, 0.25) is 0 Å². The minimum Gasteiger partial charge on any atom is -0.455 e. The van der Waals surface area contributed by atoms with Gasteiger partial charge in [0.25, 0.3) is 0 Å². The fourth-order valence-corrected chi connectivity index (χ4v) is 0.312. The van der Waals surface area contributed by atoms with Crippen molar-refractivity contribution in [2.24, 2.45) is 5.73 Å². The van der Waals surface area contributed by atoms with Gasteiger partial charge in [0.1, 0.15) is 5.84 Å². The lowest BCUT2D eigenvalue weighted by atomic mass is 10.4. The van der Waals surface area contributed by atoms with Crippen LogP contribution in [0.4, 0.5) is 0 Å². The number of hydrogen-bond acceptors (Lipinski definition) is 3. The van der Waals surface area contributed by atoms with Crippen LogP contribution in [0, 0.1) is 5.41 Å². The quantitative estimate of drug-likeness (QED) is 0.310. The second-order valence-electron chi connectivity index (χ2n) is 1.71. The third-order valence-electron chi connectivity index (χ3n) is 0.781. The standard InChI is InChI=1S/C5H10N2O2/c1-3(5(6)7)9-4(2)8/h3H,1-2H3,(H3,6,7). The molecule has 3 N–H and O–H groups in total. The van der Waals surface area contributed by atoms with Gasteiger partial charge < -0.3 is 10.5 Å². The molecule has 0 saturated carbocycles. The van der Waals surface area contributed by atoms with Crippen LogP contribution in [0.25, 0.3) is 0 Å². The van der Waals surface area contributed by atoms with Crippen LogP contribution in [0.15, 0.2) is 0 Å². The van der Waals surface area contributed by atoms with Crippen LogP contribution in [0.5, 0.6) is 0 Å². The van der Waals surface area contributed by atoms with Crippen molar-refractivity contribution in [1.29, 1.82) is 5.41 Å². The summed E-state index contributed by atoms with van der Waals surface area (Å²) in [5.41, 5.74) is 4.99. The van der Waals surface area contributed by atoms with E-state index < -0.39 is 12.1 Å². The lowest BCUT2D eigenvalue weighted by Crippen LogP contribution is -2.28. The fraction of sp³-hybridized carbons (Fsp3) is 0.600. The smallest absolute Gasteiger partial charge is 0.303 e. The van der Waals surface area contributed by atoms with E-state index in [9.17, 15) is 4.79 Å². The molecule has 0 spiro atoms. The Bertz CT molecular complexity index is 133. The number of nitrogens with one attached hydrogen (secondary N) is 1. The first-order valence-corrected chi connectivity index (χ1v) is 2.55. The van der Waals surface area contributed by atoms with Gasteiger partial charge in [-0.05, 0) is 6.92 Å². The van der Waals surface area contributed by atoms with Gasteiger partial charge >= 0.3 is 5.97 Å². The number of carbonyl (C=O) groups excluding carboxylic acids is 1. The van der Waals surface area contributed by atoms with Crippen LogP contribution in [0.3, 0.4) is 0 Å². The second kappa shape index (κ2) is 3.06. The lowest BCUT2D eigenvalue weighted by Gasteiger charge is -2.07. The van der Waals surface area contributed by atoms with Gasteiger partial charge in [-0.1, -0.05) is 0 Å². The number of esters is 1. The molecule has 0 aliphatic rings. The minimum atomic E-state index is -0.595. The van der Waals surface area contributed by atoms with Crippen LogP contribution in [-0.2, 0) is 9.53 Å². The molecule has 0 aliphatic carbocycles. The molecule has 0 aromatic rings. The molecule has 0 fully saturated rings. The average Bonchev–Trinajstić information content (AvgIpc) is 1.63. The van der Waals surface area contributed by atoms with Crippen LogP contribution >= 0.6 is 0 Å². The summed E-state index contributed by atoms with van der Waals surface area (Å²) >= 11 is 0. The minimum absolute atomic E-state index is 0.134. The maximum Gasteiger partial charge on any atom is 0.303 e. The molecule has 1 unspecified atom stereocenters. The van der Waals surface area contributed by atoms with Crippen molar-refractivity contribution in [2.45, 2.75) is 20.0 Å². The van der Waals surface area contributed by atoms with E-state index in [1.165, 1.54) is 6.92 Å². The van der Waals surface area contributed by atoms with Crippen molar-refractivity contribution < 1.29 is 9.53 Å². The van der Waals surface area contributed by atoms with E-state index in [4.69, 9.17) is 11.1 Å². The Morgan fingerprint density at radius 1 is 1.78 bits per heavy atom. The topological polar surface area (TPSA) is 76.2 Å². The molecular formula is C5H10N2O2. The molecule has 0 aromatic carbocycles. The Morgan fingerprint density at radius 3 is 2.33 bits per heavy atom. The third kappa shape index (κ3) is 3.52. The highest BCUT2D eigenvalue weighted by atomic mass is 16.5. The van der Waals surface area contributed by atoms with Crippen LogP contribution in [0.1, 0.15) is 13.8 Å². The number of hydrogen-bond donors (Lipinski definition) is 2. The van der Waals surface area contributed by atoms with Crippen molar-refractivity contribution in [3.05, 3.63) is 0 Å². The van der Waals surface area contributed by atoms with E-state index in [0.29, 0.717) is 0 Å². The number of amidine groups is 1. The summed E-state index contributed by atoms with van der Waals surface area (Å²) in [4.78, 5) is 10.2. The Balaban J connectivity index is 3.63. The van der Waals surface area contributed by atoms with Gasteiger partial charge in [0.15, 0.2) is 6.10 Å². The van der Waals surface area contributed by atoms with Crippen molar-refractivity contribution in [3.8, 4) is 0 Å². The molecule has 0 amide bonds. The van der Waals surface area contributed by atoms with E-state index in [1.807, 2.05) is 0 Å². The van der Waals surface area contributed by atoms with Gasteiger partial charge in [0, 0.05) is 6.92 Å². The Labute approximate surface area is 53.5 Å². The van der Waals surface area contributed by atoms with E-state index in [-0.39, 0.29) is 5.84 Å². The van der Waals surface area contributed by atoms with Crippen LogP contribution in [-0.4, -0.2) is 17.9 Å². The maximum absolute atomic E-state index is 10.2. The monoisotopic (exact) mass is 130 g/mol. The molecule has 0 radical (unpaired) electrons. The molecule has 0 aromatic heterocycles. The van der Waals surface area contributed by atoms with Gasteiger partial charge in [-0.25, -0.2) is 0 Å². The van der Waals surface area contributed by atoms with E-state index >= 15 is 0 Å². The number of carbonyl (C=O) groups is 1. The predicted octanol–water partition coefficient (Wildman–Crippen LogP) is -0.126. The van der Waals surface area contributed by atoms with Crippen molar-refractivity contribution >= 4 is 11.8 Å². The Morgan fingerprint density at radius 2 is 2.22 bits per heavy atom. The number of ether oxygens (including phenoxy) is 1. The first-order chi connectivity index (χ1) is 4.04. The Hall–Kier alpha value is -1.06. The zero-order chi connectivity index (χ0) is 7.44. The third-order valence-corrected chi connectivity index (χ3v) is 0.781. The average molecular weight is 130 g/mol. The molecule has 0 aliphatic heterocycles. The lowest BCUT2D eigenvalue weighted by molar-refractivity contribution is -0.142. The van der Waals surface area contributed by atoms with Crippen molar-refractivity contribution in [3.63, 3.8) is 0 Å². The molecule has 9 heavy (non-hydrogen) atoms. The highest BCUT2D eigenvalue weighted by molar-refractivity contribution is 5.83. The molecule has 4 heteroatoms. The van der Waals surface area contributed by atoms with Gasteiger partial charge in [-0.3, -0.25) is 10.2 Å². The highest BCUT2D eigenvalue weighted by Crippen LogP contribution is 1.88. The van der Waals surface area contributed by atoms with Crippen LogP contribution < -0.4 is 5.73 Å². The van der Waals surface area contributed by atoms with Gasteiger partial charge in [-0.15, -0.1) is 0 Å².